The van der Waals surface area contributed by atoms with E-state index in [-0.39, 0.29) is 12.6 Å². The number of rotatable bonds is 4. The van der Waals surface area contributed by atoms with Crippen molar-refractivity contribution in [2.24, 2.45) is 11.7 Å². The third-order valence-electron chi connectivity index (χ3n) is 3.46. The number of aliphatic hydroxyl groups is 1. The lowest BCUT2D eigenvalue weighted by Crippen LogP contribution is -2.35. The average Bonchev–Trinajstić information content (AvgIpc) is 2.87. The maximum Gasteiger partial charge on any atom is 0.120 e. The number of hydrogen-bond donors (Lipinski definition) is 2. The first-order valence-corrected chi connectivity index (χ1v) is 6.00. The second-order valence-electron chi connectivity index (χ2n) is 4.54. The van der Waals surface area contributed by atoms with Gasteiger partial charge in [0.25, 0.3) is 0 Å². The molecular weight excluding hydrogens is 216 g/mol. The number of aliphatic hydroxyl groups excluding tert-OH is 1. The predicted molar refractivity (Wildman–Crippen MR) is 68.4 cm³/mol. The fourth-order valence-corrected chi connectivity index (χ4v) is 2.33. The minimum Gasteiger partial charge on any atom is -0.497 e. The van der Waals surface area contributed by atoms with Gasteiger partial charge in [0.15, 0.2) is 0 Å². The van der Waals surface area contributed by atoms with Gasteiger partial charge in [-0.1, -0.05) is 6.07 Å². The summed E-state index contributed by atoms with van der Waals surface area (Å²) in [6.45, 7) is 1.97. The maximum atomic E-state index is 9.07. The normalized spacial score (nSPS) is 21.6. The Morgan fingerprint density at radius 2 is 2.41 bits per heavy atom. The summed E-state index contributed by atoms with van der Waals surface area (Å²) in [6.07, 6.45) is 1.04. The quantitative estimate of drug-likeness (QED) is 0.813. The molecule has 17 heavy (non-hydrogen) atoms. The first kappa shape index (κ1) is 12.2. The van der Waals surface area contributed by atoms with Crippen molar-refractivity contribution in [3.05, 3.63) is 24.3 Å². The Hall–Kier alpha value is -1.26. The van der Waals surface area contributed by atoms with Gasteiger partial charge >= 0.3 is 0 Å². The molecule has 0 aromatic heterocycles. The van der Waals surface area contributed by atoms with Gasteiger partial charge < -0.3 is 20.5 Å². The number of nitrogens with two attached hydrogens (primary N) is 1. The topological polar surface area (TPSA) is 58.7 Å². The van der Waals surface area contributed by atoms with E-state index in [1.807, 2.05) is 18.2 Å². The molecule has 4 heteroatoms. The molecular formula is C13H20N2O2. The first-order chi connectivity index (χ1) is 8.24. The smallest absolute Gasteiger partial charge is 0.120 e. The van der Waals surface area contributed by atoms with Crippen LogP contribution in [-0.2, 0) is 0 Å². The SMILES string of the molecule is COc1cccc(N2CCC(C(N)CO)C2)c1. The molecule has 1 heterocycles. The summed E-state index contributed by atoms with van der Waals surface area (Å²) in [5, 5.41) is 9.07. The molecule has 1 aliphatic heterocycles. The largest absolute Gasteiger partial charge is 0.497 e. The van der Waals surface area contributed by atoms with E-state index in [2.05, 4.69) is 11.0 Å². The highest BCUT2D eigenvalue weighted by Crippen LogP contribution is 2.27. The molecule has 2 rings (SSSR count). The fraction of sp³-hybridized carbons (Fsp3) is 0.538. The van der Waals surface area contributed by atoms with Crippen LogP contribution in [0.15, 0.2) is 24.3 Å². The molecule has 2 unspecified atom stereocenters. The Labute approximate surface area is 102 Å². The van der Waals surface area contributed by atoms with Crippen molar-refractivity contribution in [3.8, 4) is 5.75 Å². The van der Waals surface area contributed by atoms with Crippen molar-refractivity contribution in [1.82, 2.24) is 0 Å². The third-order valence-corrected chi connectivity index (χ3v) is 3.46. The molecule has 0 spiro atoms. The van der Waals surface area contributed by atoms with Crippen molar-refractivity contribution in [2.75, 3.05) is 31.7 Å². The minimum atomic E-state index is -0.106. The summed E-state index contributed by atoms with van der Waals surface area (Å²) in [7, 11) is 1.67. The lowest BCUT2D eigenvalue weighted by Gasteiger charge is -2.21. The van der Waals surface area contributed by atoms with E-state index in [1.165, 1.54) is 0 Å². The lowest BCUT2D eigenvalue weighted by molar-refractivity contribution is 0.233. The van der Waals surface area contributed by atoms with Crippen molar-refractivity contribution < 1.29 is 9.84 Å². The number of methoxy groups -OCH3 is 1. The second-order valence-corrected chi connectivity index (χ2v) is 4.54. The zero-order valence-corrected chi connectivity index (χ0v) is 10.2. The molecule has 0 saturated carbocycles. The van der Waals surface area contributed by atoms with Gasteiger partial charge in [-0.3, -0.25) is 0 Å². The highest BCUT2D eigenvalue weighted by molar-refractivity contribution is 5.51. The van der Waals surface area contributed by atoms with Crippen LogP contribution < -0.4 is 15.4 Å². The molecule has 0 amide bonds. The van der Waals surface area contributed by atoms with Gasteiger partial charge in [0.2, 0.25) is 0 Å². The number of benzene rings is 1. The molecule has 1 fully saturated rings. The first-order valence-electron chi connectivity index (χ1n) is 6.00. The van der Waals surface area contributed by atoms with Gasteiger partial charge in [-0.2, -0.15) is 0 Å². The molecule has 94 valence electrons. The molecule has 3 N–H and O–H groups in total. The third kappa shape index (κ3) is 2.70. The number of nitrogens with zero attached hydrogens (tertiary/aromatic N) is 1. The van der Waals surface area contributed by atoms with Crippen molar-refractivity contribution in [1.29, 1.82) is 0 Å². The highest BCUT2D eigenvalue weighted by Gasteiger charge is 2.27. The molecule has 0 bridgehead atoms. The molecule has 0 aliphatic carbocycles. The number of ether oxygens (including phenoxy) is 1. The molecule has 2 atom stereocenters. The molecule has 1 saturated heterocycles. The minimum absolute atomic E-state index is 0.0661. The molecule has 0 radical (unpaired) electrons. The van der Waals surface area contributed by atoms with E-state index in [1.54, 1.807) is 7.11 Å². The summed E-state index contributed by atoms with van der Waals surface area (Å²) in [5.41, 5.74) is 7.04. The van der Waals surface area contributed by atoms with E-state index in [0.29, 0.717) is 5.92 Å². The van der Waals surface area contributed by atoms with Crippen LogP contribution in [0.4, 0.5) is 5.69 Å². The molecule has 1 aromatic rings. The predicted octanol–water partition coefficient (Wildman–Crippen LogP) is 0.841. The Balaban J connectivity index is 2.04. The van der Waals surface area contributed by atoms with Crippen LogP contribution in [0, 0.1) is 5.92 Å². The average molecular weight is 236 g/mol. The van der Waals surface area contributed by atoms with Crippen LogP contribution in [0.2, 0.25) is 0 Å². The van der Waals surface area contributed by atoms with E-state index in [0.717, 1.165) is 30.9 Å². The van der Waals surface area contributed by atoms with Crippen LogP contribution in [0.3, 0.4) is 0 Å². The summed E-state index contributed by atoms with van der Waals surface area (Å²) in [5.74, 6) is 1.25. The van der Waals surface area contributed by atoms with Gasteiger partial charge in [-0.15, -0.1) is 0 Å². The summed E-state index contributed by atoms with van der Waals surface area (Å²) >= 11 is 0. The van der Waals surface area contributed by atoms with Crippen LogP contribution >= 0.6 is 0 Å². The molecule has 1 aliphatic rings. The van der Waals surface area contributed by atoms with Gasteiger partial charge in [-0.05, 0) is 24.5 Å². The van der Waals surface area contributed by atoms with Crippen LogP contribution in [0.1, 0.15) is 6.42 Å². The van der Waals surface area contributed by atoms with Crippen molar-refractivity contribution >= 4 is 5.69 Å². The lowest BCUT2D eigenvalue weighted by atomic mass is 10.0. The zero-order chi connectivity index (χ0) is 12.3. The Morgan fingerprint density at radius 1 is 1.59 bits per heavy atom. The highest BCUT2D eigenvalue weighted by atomic mass is 16.5. The van der Waals surface area contributed by atoms with E-state index >= 15 is 0 Å². The van der Waals surface area contributed by atoms with Gasteiger partial charge in [0.1, 0.15) is 5.75 Å². The second kappa shape index (κ2) is 5.38. The Morgan fingerprint density at radius 3 is 3.12 bits per heavy atom. The van der Waals surface area contributed by atoms with E-state index in [4.69, 9.17) is 15.6 Å². The Kier molecular flexibility index (Phi) is 3.86. The summed E-state index contributed by atoms with van der Waals surface area (Å²) in [4.78, 5) is 2.29. The Bertz CT molecular complexity index is 370. The molecule has 1 aromatic carbocycles. The van der Waals surface area contributed by atoms with Gasteiger partial charge in [0, 0.05) is 30.9 Å². The van der Waals surface area contributed by atoms with E-state index < -0.39 is 0 Å². The van der Waals surface area contributed by atoms with Crippen molar-refractivity contribution in [2.45, 2.75) is 12.5 Å². The molecule has 4 nitrogen and oxygen atoms in total. The standard InChI is InChI=1S/C13H20N2O2/c1-17-12-4-2-3-11(7-12)15-6-5-10(8-15)13(14)9-16/h2-4,7,10,13,16H,5-6,8-9,14H2,1H3. The van der Waals surface area contributed by atoms with Crippen molar-refractivity contribution in [3.63, 3.8) is 0 Å². The van der Waals surface area contributed by atoms with Crippen LogP contribution in [-0.4, -0.2) is 38.0 Å². The monoisotopic (exact) mass is 236 g/mol. The van der Waals surface area contributed by atoms with Crippen LogP contribution in [0.25, 0.3) is 0 Å². The van der Waals surface area contributed by atoms with E-state index in [9.17, 15) is 0 Å². The van der Waals surface area contributed by atoms with Gasteiger partial charge in [0.05, 0.1) is 13.7 Å². The zero-order valence-electron chi connectivity index (χ0n) is 10.2. The maximum absolute atomic E-state index is 9.07. The summed E-state index contributed by atoms with van der Waals surface area (Å²) in [6, 6.07) is 7.94. The fourth-order valence-electron chi connectivity index (χ4n) is 2.33. The number of hydrogen-bond acceptors (Lipinski definition) is 4. The van der Waals surface area contributed by atoms with Gasteiger partial charge in [-0.25, -0.2) is 0 Å². The van der Waals surface area contributed by atoms with Crippen LogP contribution in [0.5, 0.6) is 5.75 Å². The summed E-state index contributed by atoms with van der Waals surface area (Å²) < 4.78 is 5.22. The number of anilines is 1.